The van der Waals surface area contributed by atoms with Crippen molar-refractivity contribution in [2.45, 2.75) is 0 Å². The number of aromatic nitrogens is 3. The summed E-state index contributed by atoms with van der Waals surface area (Å²) in [6.07, 6.45) is 0. The molecule has 0 saturated carbocycles. The van der Waals surface area contributed by atoms with Gasteiger partial charge in [0.05, 0.1) is 11.0 Å². The molecular weight excluding hydrogens is 402 g/mol. The molecule has 0 unspecified atom stereocenters. The van der Waals surface area contributed by atoms with Crippen LogP contribution >= 0.6 is 0 Å². The summed E-state index contributed by atoms with van der Waals surface area (Å²) in [5, 5.41) is 9.50. The van der Waals surface area contributed by atoms with Crippen molar-refractivity contribution in [3.05, 3.63) is 60.7 Å². The Morgan fingerprint density at radius 3 is 2.44 bits per heavy atom. The van der Waals surface area contributed by atoms with Crippen LogP contribution in [-0.4, -0.2) is 58.2 Å². The number of nitrogens with one attached hydrogen (secondary N) is 1. The molecule has 0 atom stereocenters. The fraction of sp³-hybridized carbons (Fsp3) is 0.200. The van der Waals surface area contributed by atoms with Crippen molar-refractivity contribution in [3.63, 3.8) is 0 Å². The van der Waals surface area contributed by atoms with E-state index >= 15 is 0 Å². The van der Waals surface area contributed by atoms with Gasteiger partial charge in [-0.05, 0) is 67.7 Å². The number of phenols is 1. The van der Waals surface area contributed by atoms with Gasteiger partial charge in [0.2, 0.25) is 5.89 Å². The Hall–Kier alpha value is -3.84. The molecule has 3 heterocycles. The molecule has 1 aliphatic heterocycles. The minimum Gasteiger partial charge on any atom is -0.508 e. The fourth-order valence-electron chi connectivity index (χ4n) is 4.19. The van der Waals surface area contributed by atoms with Crippen molar-refractivity contribution in [1.82, 2.24) is 19.9 Å². The second kappa shape index (κ2) is 7.39. The molecular formula is C25H23N5O2. The number of piperazine rings is 1. The van der Waals surface area contributed by atoms with Crippen LogP contribution in [0.5, 0.6) is 5.75 Å². The monoisotopic (exact) mass is 425 g/mol. The van der Waals surface area contributed by atoms with Gasteiger partial charge < -0.3 is 24.3 Å². The zero-order chi connectivity index (χ0) is 21.7. The molecule has 0 aliphatic carbocycles. The normalized spacial score (nSPS) is 15.1. The highest BCUT2D eigenvalue weighted by Gasteiger charge is 2.16. The molecule has 32 heavy (non-hydrogen) atoms. The van der Waals surface area contributed by atoms with Crippen LogP contribution in [0, 0.1) is 0 Å². The number of H-pyrrole nitrogens is 1. The first kappa shape index (κ1) is 18.9. The van der Waals surface area contributed by atoms with Crippen LogP contribution in [0.1, 0.15) is 0 Å². The second-order valence-corrected chi connectivity index (χ2v) is 8.33. The summed E-state index contributed by atoms with van der Waals surface area (Å²) in [5.74, 6) is 1.55. The van der Waals surface area contributed by atoms with Gasteiger partial charge in [0.1, 0.15) is 17.1 Å². The predicted molar refractivity (Wildman–Crippen MR) is 126 cm³/mol. The average molecular weight is 425 g/mol. The van der Waals surface area contributed by atoms with E-state index in [0.717, 1.165) is 59.7 Å². The molecule has 7 nitrogen and oxygen atoms in total. The molecule has 160 valence electrons. The molecule has 3 aromatic carbocycles. The minimum absolute atomic E-state index is 0.216. The van der Waals surface area contributed by atoms with Gasteiger partial charge >= 0.3 is 0 Å². The van der Waals surface area contributed by atoms with Gasteiger partial charge in [0, 0.05) is 43.0 Å². The van der Waals surface area contributed by atoms with Gasteiger partial charge in [0.25, 0.3) is 0 Å². The van der Waals surface area contributed by atoms with Crippen molar-refractivity contribution in [2.24, 2.45) is 0 Å². The van der Waals surface area contributed by atoms with E-state index in [2.05, 4.69) is 45.0 Å². The van der Waals surface area contributed by atoms with E-state index in [9.17, 15) is 5.11 Å². The van der Waals surface area contributed by atoms with Gasteiger partial charge in [-0.3, -0.25) is 0 Å². The van der Waals surface area contributed by atoms with E-state index in [1.807, 2.05) is 18.2 Å². The number of phenolic OH excluding ortho intramolecular Hbond substituents is 1. The molecule has 2 aromatic heterocycles. The number of aromatic amines is 1. The van der Waals surface area contributed by atoms with Crippen molar-refractivity contribution in [3.8, 4) is 28.6 Å². The number of nitrogens with zero attached hydrogens (tertiary/aromatic N) is 4. The summed E-state index contributed by atoms with van der Waals surface area (Å²) in [5.41, 5.74) is 6.44. The largest absolute Gasteiger partial charge is 0.508 e. The Balaban J connectivity index is 1.32. The topological polar surface area (TPSA) is 81.4 Å². The molecule has 1 fully saturated rings. The molecule has 0 spiro atoms. The molecule has 1 saturated heterocycles. The Kier molecular flexibility index (Phi) is 4.36. The third kappa shape index (κ3) is 3.36. The highest BCUT2D eigenvalue weighted by Crippen LogP contribution is 2.30. The van der Waals surface area contributed by atoms with E-state index in [1.54, 1.807) is 24.3 Å². The number of anilines is 1. The van der Waals surface area contributed by atoms with Crippen LogP contribution in [-0.2, 0) is 0 Å². The van der Waals surface area contributed by atoms with Gasteiger partial charge in [-0.25, -0.2) is 9.97 Å². The maximum Gasteiger partial charge on any atom is 0.227 e. The van der Waals surface area contributed by atoms with Crippen LogP contribution in [0.25, 0.3) is 45.0 Å². The first-order valence-electron chi connectivity index (χ1n) is 10.8. The summed E-state index contributed by atoms with van der Waals surface area (Å²) in [6, 6.07) is 19.2. The molecule has 7 heteroatoms. The van der Waals surface area contributed by atoms with Gasteiger partial charge in [0.15, 0.2) is 5.58 Å². The molecule has 0 amide bonds. The molecule has 1 aliphatic rings. The second-order valence-electron chi connectivity index (χ2n) is 8.33. The third-order valence-corrected chi connectivity index (χ3v) is 6.11. The summed E-state index contributed by atoms with van der Waals surface area (Å²) < 4.78 is 5.99. The molecule has 2 N–H and O–H groups in total. The van der Waals surface area contributed by atoms with Crippen LogP contribution in [0.15, 0.2) is 65.1 Å². The SMILES string of the molecule is CN1CCN(c2ccc3[nH]c(-c4ccc5nc(-c6ccc(O)cc6)oc5c4)nc3c2)CC1. The van der Waals surface area contributed by atoms with Gasteiger partial charge in [-0.1, -0.05) is 0 Å². The smallest absolute Gasteiger partial charge is 0.227 e. The van der Waals surface area contributed by atoms with E-state index in [-0.39, 0.29) is 5.75 Å². The first-order chi connectivity index (χ1) is 15.6. The summed E-state index contributed by atoms with van der Waals surface area (Å²) in [4.78, 5) is 17.6. The number of imidazole rings is 1. The highest BCUT2D eigenvalue weighted by molar-refractivity contribution is 5.86. The summed E-state index contributed by atoms with van der Waals surface area (Å²) in [7, 11) is 2.17. The highest BCUT2D eigenvalue weighted by atomic mass is 16.3. The van der Waals surface area contributed by atoms with E-state index < -0.39 is 0 Å². The number of hydrogen-bond acceptors (Lipinski definition) is 6. The summed E-state index contributed by atoms with van der Waals surface area (Å²) in [6.45, 7) is 4.22. The summed E-state index contributed by atoms with van der Waals surface area (Å²) >= 11 is 0. The standard InChI is InChI=1S/C25H23N5O2/c1-29-10-12-30(13-11-29)18-5-9-20-22(15-18)27-24(26-20)17-4-8-21-23(14-17)32-25(28-21)16-2-6-19(31)7-3-16/h2-9,14-15,31H,10-13H2,1H3,(H,26,27). The van der Waals surface area contributed by atoms with Crippen LogP contribution < -0.4 is 4.90 Å². The Labute approximate surface area is 184 Å². The number of rotatable bonds is 3. The lowest BCUT2D eigenvalue weighted by atomic mass is 10.2. The zero-order valence-electron chi connectivity index (χ0n) is 17.7. The van der Waals surface area contributed by atoms with Gasteiger partial charge in [-0.15, -0.1) is 0 Å². The van der Waals surface area contributed by atoms with Crippen LogP contribution in [0.4, 0.5) is 5.69 Å². The number of aromatic hydroxyl groups is 1. The van der Waals surface area contributed by atoms with Crippen molar-refractivity contribution in [1.29, 1.82) is 0 Å². The van der Waals surface area contributed by atoms with E-state index in [4.69, 9.17) is 9.40 Å². The lowest BCUT2D eigenvalue weighted by Crippen LogP contribution is -2.44. The molecule has 6 rings (SSSR count). The zero-order valence-corrected chi connectivity index (χ0v) is 17.7. The average Bonchev–Trinajstić information content (AvgIpc) is 3.43. The molecule has 0 radical (unpaired) electrons. The number of benzene rings is 3. The maximum atomic E-state index is 9.50. The first-order valence-corrected chi connectivity index (χ1v) is 10.8. The number of likely N-dealkylation sites (N-methyl/N-ethyl adjacent to an activating group) is 1. The third-order valence-electron chi connectivity index (χ3n) is 6.11. The number of hydrogen-bond donors (Lipinski definition) is 2. The molecule has 0 bridgehead atoms. The minimum atomic E-state index is 0.216. The Bertz CT molecular complexity index is 1410. The van der Waals surface area contributed by atoms with E-state index in [0.29, 0.717) is 11.5 Å². The van der Waals surface area contributed by atoms with Crippen molar-refractivity contribution in [2.75, 3.05) is 38.1 Å². The Morgan fingerprint density at radius 2 is 1.62 bits per heavy atom. The lowest BCUT2D eigenvalue weighted by Gasteiger charge is -2.34. The Morgan fingerprint density at radius 1 is 0.844 bits per heavy atom. The van der Waals surface area contributed by atoms with Crippen molar-refractivity contribution >= 4 is 27.8 Å². The maximum absolute atomic E-state index is 9.50. The fourth-order valence-corrected chi connectivity index (χ4v) is 4.19. The quantitative estimate of drug-likeness (QED) is 0.443. The van der Waals surface area contributed by atoms with E-state index in [1.165, 1.54) is 5.69 Å². The predicted octanol–water partition coefficient (Wildman–Crippen LogP) is 4.50. The van der Waals surface area contributed by atoms with Gasteiger partial charge in [-0.2, -0.15) is 0 Å². The number of oxazole rings is 1. The lowest BCUT2D eigenvalue weighted by molar-refractivity contribution is 0.313. The molecule has 5 aromatic rings. The van der Waals surface area contributed by atoms with Crippen LogP contribution in [0.3, 0.4) is 0 Å². The number of fused-ring (bicyclic) bond motifs is 2. The van der Waals surface area contributed by atoms with Crippen molar-refractivity contribution < 1.29 is 9.52 Å². The van der Waals surface area contributed by atoms with Crippen LogP contribution in [0.2, 0.25) is 0 Å².